The minimum atomic E-state index is -0.0627. The maximum atomic E-state index is 12.5. The Morgan fingerprint density at radius 2 is 1.89 bits per heavy atom. The van der Waals surface area contributed by atoms with E-state index >= 15 is 0 Å². The quantitative estimate of drug-likeness (QED) is 0.602. The van der Waals surface area contributed by atoms with Gasteiger partial charge in [0.05, 0.1) is 5.75 Å². The van der Waals surface area contributed by atoms with Crippen molar-refractivity contribution in [3.63, 3.8) is 0 Å². The second-order valence-electron chi connectivity index (χ2n) is 6.14. The molecule has 0 aliphatic carbocycles. The number of rotatable bonds is 6. The van der Waals surface area contributed by atoms with Crippen molar-refractivity contribution in [1.82, 2.24) is 14.8 Å². The molecule has 0 aliphatic heterocycles. The number of aryl methyl sites for hydroxylation is 3. The summed E-state index contributed by atoms with van der Waals surface area (Å²) in [6.45, 7) is 5.96. The number of amides is 1. The molecule has 140 valence electrons. The minimum absolute atomic E-state index is 0.0627. The van der Waals surface area contributed by atoms with Gasteiger partial charge in [-0.25, -0.2) is 0 Å². The van der Waals surface area contributed by atoms with Gasteiger partial charge < -0.3 is 5.32 Å². The Morgan fingerprint density at radius 3 is 2.59 bits per heavy atom. The number of nitrogens with zero attached hydrogens (tertiary/aromatic N) is 3. The zero-order chi connectivity index (χ0) is 19.4. The number of halogens is 1. The summed E-state index contributed by atoms with van der Waals surface area (Å²) in [5, 5.41) is 12.7. The predicted molar refractivity (Wildman–Crippen MR) is 111 cm³/mol. The lowest BCUT2D eigenvalue weighted by molar-refractivity contribution is -0.113. The third-order valence-corrected chi connectivity index (χ3v) is 5.40. The van der Waals surface area contributed by atoms with Crippen LogP contribution >= 0.6 is 23.4 Å². The maximum Gasteiger partial charge on any atom is 0.234 e. The highest BCUT2D eigenvalue weighted by Gasteiger charge is 2.14. The Bertz CT molecular complexity index is 953. The number of thioether (sulfide) groups is 1. The number of carbonyl (C=O) groups is 1. The van der Waals surface area contributed by atoms with E-state index in [4.69, 9.17) is 11.6 Å². The smallest absolute Gasteiger partial charge is 0.234 e. The van der Waals surface area contributed by atoms with Crippen molar-refractivity contribution in [2.75, 3.05) is 11.1 Å². The number of benzene rings is 2. The van der Waals surface area contributed by atoms with Crippen LogP contribution in [0.2, 0.25) is 5.02 Å². The second kappa shape index (κ2) is 8.59. The van der Waals surface area contributed by atoms with Crippen molar-refractivity contribution in [2.24, 2.45) is 0 Å². The molecule has 0 aliphatic rings. The van der Waals surface area contributed by atoms with Gasteiger partial charge in [0, 0.05) is 16.4 Å². The lowest BCUT2D eigenvalue weighted by atomic mass is 10.1. The number of para-hydroxylation sites is 1. The van der Waals surface area contributed by atoms with Crippen molar-refractivity contribution in [2.45, 2.75) is 32.3 Å². The first kappa shape index (κ1) is 19.5. The monoisotopic (exact) mass is 400 g/mol. The van der Waals surface area contributed by atoms with E-state index < -0.39 is 0 Å². The van der Waals surface area contributed by atoms with Crippen LogP contribution in [0.1, 0.15) is 23.9 Å². The van der Waals surface area contributed by atoms with Gasteiger partial charge in [-0.15, -0.1) is 10.2 Å². The Balaban J connectivity index is 1.73. The summed E-state index contributed by atoms with van der Waals surface area (Å²) in [5.41, 5.74) is 4.01. The molecule has 27 heavy (non-hydrogen) atoms. The number of anilines is 1. The van der Waals surface area contributed by atoms with E-state index in [9.17, 15) is 4.79 Å². The fraction of sp³-hybridized carbons (Fsp3) is 0.250. The molecule has 0 unspecified atom stereocenters. The van der Waals surface area contributed by atoms with Gasteiger partial charge in [0.15, 0.2) is 5.16 Å². The number of nitrogens with one attached hydrogen (secondary N) is 1. The number of hydrogen-bond donors (Lipinski definition) is 1. The summed E-state index contributed by atoms with van der Waals surface area (Å²) >= 11 is 7.33. The van der Waals surface area contributed by atoms with Crippen LogP contribution in [0.4, 0.5) is 5.69 Å². The molecule has 0 fully saturated rings. The molecule has 3 rings (SSSR count). The first-order valence-electron chi connectivity index (χ1n) is 8.68. The van der Waals surface area contributed by atoms with Gasteiger partial charge in [-0.05, 0) is 55.7 Å². The van der Waals surface area contributed by atoms with Crippen LogP contribution in [-0.4, -0.2) is 26.4 Å². The van der Waals surface area contributed by atoms with Crippen LogP contribution in [0.25, 0.3) is 5.69 Å². The molecule has 0 atom stereocenters. The SMILES string of the molecule is CCc1cccc(C)c1NC(=O)CSc1nnc(C)n1-c1ccc(Cl)cc1. The van der Waals surface area contributed by atoms with Gasteiger partial charge in [-0.1, -0.05) is 48.5 Å². The summed E-state index contributed by atoms with van der Waals surface area (Å²) in [5.74, 6) is 0.947. The van der Waals surface area contributed by atoms with Gasteiger partial charge in [0.1, 0.15) is 5.82 Å². The van der Waals surface area contributed by atoms with E-state index in [1.54, 1.807) is 0 Å². The molecule has 5 nitrogen and oxygen atoms in total. The molecular weight excluding hydrogens is 380 g/mol. The van der Waals surface area contributed by atoms with Gasteiger partial charge in [-0.3, -0.25) is 9.36 Å². The summed E-state index contributed by atoms with van der Waals surface area (Å²) in [6, 6.07) is 13.5. The van der Waals surface area contributed by atoms with Crippen molar-refractivity contribution in [1.29, 1.82) is 0 Å². The van der Waals surface area contributed by atoms with Crippen molar-refractivity contribution in [3.05, 3.63) is 64.4 Å². The normalized spacial score (nSPS) is 10.8. The lowest BCUT2D eigenvalue weighted by Gasteiger charge is -2.13. The topological polar surface area (TPSA) is 59.8 Å². The highest BCUT2D eigenvalue weighted by Crippen LogP contribution is 2.25. The molecule has 3 aromatic rings. The van der Waals surface area contributed by atoms with E-state index in [2.05, 4.69) is 22.4 Å². The Labute approximate surface area is 168 Å². The van der Waals surface area contributed by atoms with Crippen LogP contribution in [0.5, 0.6) is 0 Å². The average Bonchev–Trinajstić information content (AvgIpc) is 3.03. The van der Waals surface area contributed by atoms with Gasteiger partial charge >= 0.3 is 0 Å². The molecule has 0 spiro atoms. The van der Waals surface area contributed by atoms with Gasteiger partial charge in [0.2, 0.25) is 5.91 Å². The fourth-order valence-corrected chi connectivity index (χ4v) is 3.75. The molecule has 1 N–H and O–H groups in total. The summed E-state index contributed by atoms with van der Waals surface area (Å²) in [6.07, 6.45) is 0.870. The van der Waals surface area contributed by atoms with Crippen LogP contribution in [-0.2, 0) is 11.2 Å². The Kier molecular flexibility index (Phi) is 6.19. The Hall–Kier alpha value is -2.31. The van der Waals surface area contributed by atoms with Crippen LogP contribution in [0.3, 0.4) is 0 Å². The fourth-order valence-electron chi connectivity index (χ4n) is 2.83. The second-order valence-corrected chi connectivity index (χ2v) is 7.52. The summed E-state index contributed by atoms with van der Waals surface area (Å²) in [7, 11) is 0. The van der Waals surface area contributed by atoms with Gasteiger partial charge in [0.25, 0.3) is 0 Å². The third kappa shape index (κ3) is 4.51. The van der Waals surface area contributed by atoms with E-state index in [1.165, 1.54) is 11.8 Å². The standard InChI is InChI=1S/C20H21ClN4OS/c1-4-15-7-5-6-13(2)19(15)22-18(26)12-27-20-24-23-14(3)25(20)17-10-8-16(21)9-11-17/h5-11H,4,12H2,1-3H3,(H,22,26). The number of hydrogen-bond acceptors (Lipinski definition) is 4. The minimum Gasteiger partial charge on any atom is -0.325 e. The van der Waals surface area contributed by atoms with Crippen molar-refractivity contribution >= 4 is 35.0 Å². The van der Waals surface area contributed by atoms with Crippen molar-refractivity contribution in [3.8, 4) is 5.69 Å². The molecular formula is C20H21ClN4OS. The molecule has 0 saturated carbocycles. The summed E-state index contributed by atoms with van der Waals surface area (Å²) in [4.78, 5) is 12.5. The van der Waals surface area contributed by atoms with Crippen LogP contribution < -0.4 is 5.32 Å². The largest absolute Gasteiger partial charge is 0.325 e. The molecule has 1 amide bonds. The van der Waals surface area contributed by atoms with E-state index in [0.717, 1.165) is 34.7 Å². The highest BCUT2D eigenvalue weighted by molar-refractivity contribution is 7.99. The summed E-state index contributed by atoms with van der Waals surface area (Å²) < 4.78 is 1.92. The maximum absolute atomic E-state index is 12.5. The van der Waals surface area contributed by atoms with E-state index in [0.29, 0.717) is 10.2 Å². The van der Waals surface area contributed by atoms with Crippen LogP contribution in [0.15, 0.2) is 47.6 Å². The average molecular weight is 401 g/mol. The molecule has 1 aromatic heterocycles. The zero-order valence-electron chi connectivity index (χ0n) is 15.5. The lowest BCUT2D eigenvalue weighted by Crippen LogP contribution is -2.16. The molecule has 1 heterocycles. The molecule has 7 heteroatoms. The predicted octanol–water partition coefficient (Wildman–Crippen LogP) is 4.83. The third-order valence-electron chi connectivity index (χ3n) is 4.22. The first-order valence-corrected chi connectivity index (χ1v) is 10.0. The number of carbonyl (C=O) groups excluding carboxylic acids is 1. The Morgan fingerprint density at radius 1 is 1.15 bits per heavy atom. The molecule has 0 saturated heterocycles. The van der Waals surface area contributed by atoms with Gasteiger partial charge in [-0.2, -0.15) is 0 Å². The van der Waals surface area contributed by atoms with E-state index in [-0.39, 0.29) is 11.7 Å². The molecule has 0 bridgehead atoms. The molecule has 0 radical (unpaired) electrons. The van der Waals surface area contributed by atoms with E-state index in [1.807, 2.05) is 60.9 Å². The van der Waals surface area contributed by atoms with Crippen molar-refractivity contribution < 1.29 is 4.79 Å². The zero-order valence-corrected chi connectivity index (χ0v) is 17.1. The first-order chi connectivity index (χ1) is 13.0. The number of aromatic nitrogens is 3. The highest BCUT2D eigenvalue weighted by atomic mass is 35.5. The molecule has 2 aromatic carbocycles. The van der Waals surface area contributed by atoms with Crippen LogP contribution in [0, 0.1) is 13.8 Å².